The lowest BCUT2D eigenvalue weighted by Gasteiger charge is -2.17. The number of fused-ring (bicyclic) bond motifs is 1. The van der Waals surface area contributed by atoms with E-state index in [2.05, 4.69) is 38.1 Å². The van der Waals surface area contributed by atoms with E-state index in [-0.39, 0.29) is 0 Å². The lowest BCUT2D eigenvalue weighted by Crippen LogP contribution is -2.00. The first-order valence-electron chi connectivity index (χ1n) is 5.59. The second-order valence-electron chi connectivity index (χ2n) is 4.20. The van der Waals surface area contributed by atoms with Crippen molar-refractivity contribution in [3.05, 3.63) is 40.5 Å². The van der Waals surface area contributed by atoms with Gasteiger partial charge in [-0.2, -0.15) is 0 Å². The van der Waals surface area contributed by atoms with E-state index in [4.69, 9.17) is 0 Å². The van der Waals surface area contributed by atoms with Crippen LogP contribution in [-0.4, -0.2) is 0 Å². The Hall–Kier alpha value is -1.04. The third-order valence-electron chi connectivity index (χ3n) is 3.05. The highest BCUT2D eigenvalue weighted by atomic mass is 14.2. The highest BCUT2D eigenvalue weighted by Crippen LogP contribution is 2.28. The van der Waals surface area contributed by atoms with Crippen LogP contribution in [0.2, 0.25) is 0 Å². The third-order valence-corrected chi connectivity index (χ3v) is 3.05. The van der Waals surface area contributed by atoms with Crippen LogP contribution in [0.3, 0.4) is 0 Å². The lowest BCUT2D eigenvalue weighted by atomic mass is 9.88. The van der Waals surface area contributed by atoms with Crippen molar-refractivity contribution in [2.45, 2.75) is 39.5 Å². The average molecular weight is 186 g/mol. The Labute approximate surface area is 86.7 Å². The molecule has 1 aromatic rings. The number of hydrogen-bond acceptors (Lipinski definition) is 0. The molecule has 1 aliphatic carbocycles. The summed E-state index contributed by atoms with van der Waals surface area (Å²) in [7, 11) is 0. The topological polar surface area (TPSA) is 0 Å². The van der Waals surface area contributed by atoms with Gasteiger partial charge in [0.2, 0.25) is 0 Å². The molecule has 0 heteroatoms. The molecule has 1 aromatic carbocycles. The molecular formula is C14H18. The van der Waals surface area contributed by atoms with Crippen LogP contribution in [0.5, 0.6) is 0 Å². The van der Waals surface area contributed by atoms with Crippen molar-refractivity contribution in [1.82, 2.24) is 0 Å². The molecule has 0 aromatic heterocycles. The maximum atomic E-state index is 2.41. The van der Waals surface area contributed by atoms with Gasteiger partial charge in [-0.15, -0.1) is 0 Å². The van der Waals surface area contributed by atoms with E-state index in [0.717, 1.165) is 0 Å². The Morgan fingerprint density at radius 2 is 2.07 bits per heavy atom. The smallest absolute Gasteiger partial charge is 0.0196 e. The van der Waals surface area contributed by atoms with Crippen molar-refractivity contribution in [1.29, 1.82) is 0 Å². The molecule has 0 heterocycles. The molecule has 0 atom stereocenters. The lowest BCUT2D eigenvalue weighted by molar-refractivity contribution is 0.813. The van der Waals surface area contributed by atoms with Gasteiger partial charge in [0.1, 0.15) is 0 Å². The van der Waals surface area contributed by atoms with Gasteiger partial charge in [0.25, 0.3) is 0 Å². The van der Waals surface area contributed by atoms with Crippen LogP contribution in [0, 0.1) is 6.92 Å². The van der Waals surface area contributed by atoms with Gasteiger partial charge in [-0.05, 0) is 42.9 Å². The van der Waals surface area contributed by atoms with Crippen LogP contribution < -0.4 is 0 Å². The third kappa shape index (κ3) is 1.75. The van der Waals surface area contributed by atoms with Crippen LogP contribution in [0.15, 0.2) is 23.8 Å². The quantitative estimate of drug-likeness (QED) is 0.651. The molecule has 1 aliphatic rings. The minimum atomic E-state index is 1.24. The van der Waals surface area contributed by atoms with E-state index in [1.54, 1.807) is 5.57 Å². The van der Waals surface area contributed by atoms with Crippen molar-refractivity contribution in [3.8, 4) is 0 Å². The summed E-state index contributed by atoms with van der Waals surface area (Å²) in [6.07, 6.45) is 7.46. The second-order valence-corrected chi connectivity index (χ2v) is 4.20. The number of hydrogen-bond donors (Lipinski definition) is 0. The molecule has 0 saturated heterocycles. The monoisotopic (exact) mass is 186 g/mol. The van der Waals surface area contributed by atoms with Crippen molar-refractivity contribution in [3.63, 3.8) is 0 Å². The van der Waals surface area contributed by atoms with Crippen molar-refractivity contribution in [2.24, 2.45) is 0 Å². The summed E-state index contributed by atoms with van der Waals surface area (Å²) in [6.45, 7) is 4.47. The van der Waals surface area contributed by atoms with Crippen molar-refractivity contribution < 1.29 is 0 Å². The zero-order valence-corrected chi connectivity index (χ0v) is 9.14. The summed E-state index contributed by atoms with van der Waals surface area (Å²) >= 11 is 0. The summed E-state index contributed by atoms with van der Waals surface area (Å²) in [6, 6.07) is 6.65. The fourth-order valence-corrected chi connectivity index (χ4v) is 2.26. The van der Waals surface area contributed by atoms with Gasteiger partial charge < -0.3 is 0 Å². The average Bonchev–Trinajstić information content (AvgIpc) is 2.20. The molecule has 0 saturated carbocycles. The molecule has 14 heavy (non-hydrogen) atoms. The number of aryl methyl sites for hydroxylation is 2. The Kier molecular flexibility index (Phi) is 2.72. The van der Waals surface area contributed by atoms with Gasteiger partial charge >= 0.3 is 0 Å². The van der Waals surface area contributed by atoms with E-state index in [1.807, 2.05) is 0 Å². The van der Waals surface area contributed by atoms with Crippen molar-refractivity contribution >= 4 is 6.08 Å². The largest absolute Gasteiger partial charge is 0.0693 e. The van der Waals surface area contributed by atoms with E-state index < -0.39 is 0 Å². The molecule has 0 aliphatic heterocycles. The fourth-order valence-electron chi connectivity index (χ4n) is 2.26. The van der Waals surface area contributed by atoms with Crippen LogP contribution in [-0.2, 0) is 6.42 Å². The summed E-state index contributed by atoms with van der Waals surface area (Å²) < 4.78 is 0. The minimum Gasteiger partial charge on any atom is -0.0693 e. The summed E-state index contributed by atoms with van der Waals surface area (Å²) in [4.78, 5) is 0. The summed E-state index contributed by atoms with van der Waals surface area (Å²) in [5, 5.41) is 0. The molecule has 0 spiro atoms. The van der Waals surface area contributed by atoms with Crippen LogP contribution in [0.25, 0.3) is 6.08 Å². The predicted octanol–water partition coefficient (Wildman–Crippen LogP) is 4.12. The molecule has 0 fully saturated rings. The zero-order chi connectivity index (χ0) is 9.97. The highest BCUT2D eigenvalue weighted by Gasteiger charge is 2.10. The van der Waals surface area contributed by atoms with Gasteiger partial charge in [0.05, 0.1) is 0 Å². The van der Waals surface area contributed by atoms with Gasteiger partial charge in [-0.25, -0.2) is 0 Å². The minimum absolute atomic E-state index is 1.24. The first-order valence-corrected chi connectivity index (χ1v) is 5.59. The predicted molar refractivity (Wildman–Crippen MR) is 62.4 cm³/mol. The fraction of sp³-hybridized carbons (Fsp3) is 0.429. The molecular weight excluding hydrogens is 168 g/mol. The highest BCUT2D eigenvalue weighted by molar-refractivity contribution is 5.62. The van der Waals surface area contributed by atoms with E-state index in [0.29, 0.717) is 0 Å². The SMILES string of the molecule is CCCC1=Cc2c(C)cccc2CC1. The van der Waals surface area contributed by atoms with Gasteiger partial charge in [0, 0.05) is 0 Å². The number of allylic oxidation sites excluding steroid dienone is 1. The van der Waals surface area contributed by atoms with E-state index in [1.165, 1.54) is 42.4 Å². The first kappa shape index (κ1) is 9.51. The van der Waals surface area contributed by atoms with Gasteiger partial charge in [-0.1, -0.05) is 43.2 Å². The van der Waals surface area contributed by atoms with Crippen LogP contribution in [0.4, 0.5) is 0 Å². The summed E-state index contributed by atoms with van der Waals surface area (Å²) in [5.41, 5.74) is 6.08. The van der Waals surface area contributed by atoms with Gasteiger partial charge in [0.15, 0.2) is 0 Å². The van der Waals surface area contributed by atoms with Crippen LogP contribution >= 0.6 is 0 Å². The molecule has 0 nitrogen and oxygen atoms in total. The molecule has 0 unspecified atom stereocenters. The molecule has 74 valence electrons. The number of benzene rings is 1. The van der Waals surface area contributed by atoms with E-state index in [9.17, 15) is 0 Å². The molecule has 0 N–H and O–H groups in total. The Morgan fingerprint density at radius 3 is 2.86 bits per heavy atom. The number of rotatable bonds is 2. The molecule has 2 rings (SSSR count). The standard InChI is InChI=1S/C14H18/c1-3-5-12-8-9-13-7-4-6-11(2)14(13)10-12/h4,6-7,10H,3,5,8-9H2,1-2H3. The maximum absolute atomic E-state index is 2.41. The van der Waals surface area contributed by atoms with Crippen LogP contribution in [0.1, 0.15) is 42.9 Å². The normalized spacial score (nSPS) is 14.9. The molecule has 0 amide bonds. The van der Waals surface area contributed by atoms with Crippen molar-refractivity contribution in [2.75, 3.05) is 0 Å². The molecule has 0 radical (unpaired) electrons. The zero-order valence-electron chi connectivity index (χ0n) is 9.14. The first-order chi connectivity index (χ1) is 6.81. The Morgan fingerprint density at radius 1 is 1.21 bits per heavy atom. The summed E-state index contributed by atoms with van der Waals surface area (Å²) in [5.74, 6) is 0. The Bertz CT molecular complexity index is 358. The van der Waals surface area contributed by atoms with Gasteiger partial charge in [-0.3, -0.25) is 0 Å². The Balaban J connectivity index is 2.37. The second kappa shape index (κ2) is 4.00. The molecule has 0 bridgehead atoms. The van der Waals surface area contributed by atoms with E-state index >= 15 is 0 Å². The maximum Gasteiger partial charge on any atom is -0.0196 e.